The quantitative estimate of drug-likeness (QED) is 0.277. The summed E-state index contributed by atoms with van der Waals surface area (Å²) in [5.41, 5.74) is 0.802. The minimum atomic E-state index is -4.73. The first-order valence-corrected chi connectivity index (χ1v) is 11.9. The third-order valence-corrected chi connectivity index (χ3v) is 5.85. The number of esters is 2. The Morgan fingerprint density at radius 2 is 1.03 bits per heavy atom. The van der Waals surface area contributed by atoms with Crippen molar-refractivity contribution in [2.45, 2.75) is 51.2 Å². The minimum Gasteiger partial charge on any atom is -0.466 e. The van der Waals surface area contributed by atoms with Crippen molar-refractivity contribution in [3.8, 4) is 11.5 Å². The zero-order valence-corrected chi connectivity index (χ0v) is 20.5. The first-order valence-electron chi connectivity index (χ1n) is 11.9. The molecule has 208 valence electrons. The molecule has 2 aromatic carbocycles. The Balaban J connectivity index is 0.000000211. The van der Waals surface area contributed by atoms with Crippen LogP contribution in [0.2, 0.25) is 0 Å². The van der Waals surface area contributed by atoms with Crippen LogP contribution in [-0.2, 0) is 19.1 Å². The SMILES string of the molecule is CCOC(=O)C1CC1c1ccccc1OC(F)(F)F.CCOC(=O)C1CC1c1ccccc1OC(F)(F)F. The van der Waals surface area contributed by atoms with Crippen LogP contribution >= 0.6 is 0 Å². The second-order valence-corrected chi connectivity index (χ2v) is 8.57. The largest absolute Gasteiger partial charge is 0.573 e. The maximum absolute atomic E-state index is 12.3. The second kappa shape index (κ2) is 12.0. The van der Waals surface area contributed by atoms with Gasteiger partial charge in [0.2, 0.25) is 0 Å². The van der Waals surface area contributed by atoms with Crippen LogP contribution in [0.4, 0.5) is 26.3 Å². The standard InChI is InChI=1S/2C13H13F3O3/c2*1-2-18-12(17)10-7-9(10)8-5-3-4-6-11(8)19-13(14,15)16/h2*3-6,9-10H,2,7H2,1H3. The third-order valence-electron chi connectivity index (χ3n) is 5.85. The molecule has 2 saturated carbocycles. The molecule has 0 saturated heterocycles. The Labute approximate surface area is 214 Å². The molecule has 38 heavy (non-hydrogen) atoms. The summed E-state index contributed by atoms with van der Waals surface area (Å²) in [5, 5.41) is 0. The van der Waals surface area contributed by atoms with Crippen molar-refractivity contribution in [2.24, 2.45) is 11.8 Å². The molecule has 12 heteroatoms. The van der Waals surface area contributed by atoms with E-state index in [2.05, 4.69) is 9.47 Å². The highest BCUT2D eigenvalue weighted by Crippen LogP contribution is 2.52. The molecular formula is C26H26F6O6. The average Bonchev–Trinajstić information content (AvgIpc) is 3.72. The van der Waals surface area contributed by atoms with E-state index in [0.717, 1.165) is 0 Å². The van der Waals surface area contributed by atoms with Gasteiger partial charge >= 0.3 is 24.7 Å². The van der Waals surface area contributed by atoms with E-state index in [1.807, 2.05) is 0 Å². The van der Waals surface area contributed by atoms with Crippen molar-refractivity contribution in [2.75, 3.05) is 13.2 Å². The second-order valence-electron chi connectivity index (χ2n) is 8.57. The van der Waals surface area contributed by atoms with E-state index in [-0.39, 0.29) is 60.3 Å². The van der Waals surface area contributed by atoms with Crippen LogP contribution < -0.4 is 9.47 Å². The van der Waals surface area contributed by atoms with Gasteiger partial charge in [-0.2, -0.15) is 0 Å². The predicted molar refractivity (Wildman–Crippen MR) is 121 cm³/mol. The maximum Gasteiger partial charge on any atom is 0.573 e. The molecule has 2 fully saturated rings. The molecule has 0 amide bonds. The third kappa shape index (κ3) is 8.29. The van der Waals surface area contributed by atoms with Gasteiger partial charge in [0.1, 0.15) is 11.5 Å². The first-order chi connectivity index (χ1) is 17.8. The summed E-state index contributed by atoms with van der Waals surface area (Å²) in [7, 11) is 0. The molecule has 4 unspecified atom stereocenters. The summed E-state index contributed by atoms with van der Waals surface area (Å²) in [6.45, 7) is 3.91. The van der Waals surface area contributed by atoms with E-state index in [1.165, 1.54) is 24.3 Å². The van der Waals surface area contributed by atoms with E-state index in [0.29, 0.717) is 24.0 Å². The fourth-order valence-electron chi connectivity index (χ4n) is 4.11. The van der Waals surface area contributed by atoms with Gasteiger partial charge in [-0.1, -0.05) is 36.4 Å². The lowest BCUT2D eigenvalue weighted by Gasteiger charge is -2.12. The highest BCUT2D eigenvalue weighted by Gasteiger charge is 2.48. The van der Waals surface area contributed by atoms with E-state index in [1.54, 1.807) is 38.1 Å². The zero-order chi connectivity index (χ0) is 28.1. The van der Waals surface area contributed by atoms with Crippen molar-refractivity contribution in [1.82, 2.24) is 0 Å². The zero-order valence-electron chi connectivity index (χ0n) is 20.5. The molecular weight excluding hydrogens is 522 g/mol. The molecule has 4 rings (SSSR count). The van der Waals surface area contributed by atoms with Crippen molar-refractivity contribution in [3.05, 3.63) is 59.7 Å². The van der Waals surface area contributed by atoms with Gasteiger partial charge in [0, 0.05) is 11.8 Å². The van der Waals surface area contributed by atoms with Crippen LogP contribution in [0.1, 0.15) is 49.7 Å². The van der Waals surface area contributed by atoms with Crippen molar-refractivity contribution in [1.29, 1.82) is 0 Å². The fourth-order valence-corrected chi connectivity index (χ4v) is 4.11. The van der Waals surface area contributed by atoms with Crippen LogP contribution in [-0.4, -0.2) is 37.9 Å². The average molecular weight is 548 g/mol. The Morgan fingerprint density at radius 1 is 0.684 bits per heavy atom. The van der Waals surface area contributed by atoms with Crippen molar-refractivity contribution >= 4 is 11.9 Å². The lowest BCUT2D eigenvalue weighted by atomic mass is 10.1. The van der Waals surface area contributed by atoms with Gasteiger partial charge in [0.15, 0.2) is 0 Å². The Kier molecular flexibility index (Phi) is 9.16. The molecule has 0 bridgehead atoms. The molecule has 6 nitrogen and oxygen atoms in total. The highest BCUT2D eigenvalue weighted by molar-refractivity contribution is 5.78. The van der Waals surface area contributed by atoms with Crippen molar-refractivity contribution < 1.29 is 54.9 Å². The van der Waals surface area contributed by atoms with E-state index in [4.69, 9.17) is 9.47 Å². The van der Waals surface area contributed by atoms with Crippen LogP contribution in [0.5, 0.6) is 11.5 Å². The van der Waals surface area contributed by atoms with Gasteiger partial charge in [-0.25, -0.2) is 0 Å². The number of ether oxygens (including phenoxy) is 4. The first kappa shape index (κ1) is 29.1. The van der Waals surface area contributed by atoms with Gasteiger partial charge in [-0.05, 0) is 49.9 Å². The number of carbonyl (C=O) groups is 2. The molecule has 0 spiro atoms. The Hall–Kier alpha value is -3.44. The summed E-state index contributed by atoms with van der Waals surface area (Å²) >= 11 is 0. The van der Waals surface area contributed by atoms with Gasteiger partial charge in [0.05, 0.1) is 25.0 Å². The lowest BCUT2D eigenvalue weighted by molar-refractivity contribution is -0.275. The normalized spacial score (nSPS) is 21.9. The number of rotatable bonds is 8. The Morgan fingerprint density at radius 3 is 1.34 bits per heavy atom. The maximum atomic E-state index is 12.3. The molecule has 0 radical (unpaired) electrons. The molecule has 0 N–H and O–H groups in total. The van der Waals surface area contributed by atoms with Gasteiger partial charge in [0.25, 0.3) is 0 Å². The van der Waals surface area contributed by atoms with Crippen LogP contribution in [0.15, 0.2) is 48.5 Å². The fraction of sp³-hybridized carbons (Fsp3) is 0.462. The highest BCUT2D eigenvalue weighted by atomic mass is 19.4. The molecule has 4 atom stereocenters. The number of hydrogen-bond donors (Lipinski definition) is 0. The molecule has 0 heterocycles. The molecule has 2 aliphatic rings. The number of alkyl halides is 6. The topological polar surface area (TPSA) is 71.1 Å². The smallest absolute Gasteiger partial charge is 0.466 e. The lowest BCUT2D eigenvalue weighted by Crippen LogP contribution is -2.18. The summed E-state index contributed by atoms with van der Waals surface area (Å²) in [6, 6.07) is 11.8. The predicted octanol–water partition coefficient (Wildman–Crippen LogP) is 6.50. The molecule has 0 aliphatic heterocycles. The van der Waals surface area contributed by atoms with Gasteiger partial charge < -0.3 is 18.9 Å². The minimum absolute atomic E-state index is 0.244. The van der Waals surface area contributed by atoms with Gasteiger partial charge in [-0.15, -0.1) is 26.3 Å². The van der Waals surface area contributed by atoms with E-state index in [9.17, 15) is 35.9 Å². The Bertz CT molecular complexity index is 1030. The number of carbonyl (C=O) groups excluding carboxylic acids is 2. The summed E-state index contributed by atoms with van der Waals surface area (Å²) in [6.07, 6.45) is -8.47. The number of benzene rings is 2. The monoisotopic (exact) mass is 548 g/mol. The van der Waals surface area contributed by atoms with Crippen LogP contribution in [0.25, 0.3) is 0 Å². The van der Waals surface area contributed by atoms with Gasteiger partial charge in [-0.3, -0.25) is 9.59 Å². The summed E-state index contributed by atoms with van der Waals surface area (Å²) < 4.78 is 91.3. The number of para-hydroxylation sites is 2. The number of hydrogen-bond acceptors (Lipinski definition) is 6. The van der Waals surface area contributed by atoms with Crippen LogP contribution in [0.3, 0.4) is 0 Å². The van der Waals surface area contributed by atoms with Crippen LogP contribution in [0, 0.1) is 11.8 Å². The molecule has 2 aromatic rings. The van der Waals surface area contributed by atoms with E-state index < -0.39 is 12.7 Å². The molecule has 0 aromatic heterocycles. The summed E-state index contributed by atoms with van der Waals surface area (Å²) in [5.74, 6) is -2.45. The summed E-state index contributed by atoms with van der Waals surface area (Å²) in [4.78, 5) is 23.0. The van der Waals surface area contributed by atoms with Crippen molar-refractivity contribution in [3.63, 3.8) is 0 Å². The molecule has 2 aliphatic carbocycles. The number of halogens is 6. The van der Waals surface area contributed by atoms with E-state index >= 15 is 0 Å².